The first-order valence-corrected chi connectivity index (χ1v) is 7.89. The Morgan fingerprint density at radius 1 is 1.00 bits per heavy atom. The van der Waals surface area contributed by atoms with Crippen LogP contribution in [-0.4, -0.2) is 22.3 Å². The summed E-state index contributed by atoms with van der Waals surface area (Å²) in [7, 11) is 0. The highest BCUT2D eigenvalue weighted by Gasteiger charge is 2.08. The standard InChI is InChI=1S/C14H27N3S/c1-5-6-7-9-12-16-17-13(18-12)10-8-11-15-14(2,3)4/h15H,5-11H2,1-4H3. The first-order chi connectivity index (χ1) is 8.51. The molecule has 0 aliphatic carbocycles. The normalized spacial score (nSPS) is 12.0. The van der Waals surface area contributed by atoms with E-state index in [-0.39, 0.29) is 5.54 Å². The number of rotatable bonds is 8. The van der Waals surface area contributed by atoms with Crippen LogP contribution in [0.25, 0.3) is 0 Å². The molecule has 18 heavy (non-hydrogen) atoms. The number of hydrogen-bond donors (Lipinski definition) is 1. The van der Waals surface area contributed by atoms with Crippen LogP contribution in [-0.2, 0) is 12.8 Å². The van der Waals surface area contributed by atoms with E-state index in [0.717, 1.165) is 25.8 Å². The number of nitrogens with one attached hydrogen (secondary N) is 1. The molecule has 1 heterocycles. The molecule has 0 aliphatic heterocycles. The van der Waals surface area contributed by atoms with Crippen molar-refractivity contribution in [3.05, 3.63) is 10.0 Å². The Kier molecular flexibility index (Phi) is 6.79. The molecule has 0 atom stereocenters. The van der Waals surface area contributed by atoms with Gasteiger partial charge in [-0.2, -0.15) is 0 Å². The highest BCUT2D eigenvalue weighted by Crippen LogP contribution is 2.14. The molecule has 0 unspecified atom stereocenters. The number of aromatic nitrogens is 2. The lowest BCUT2D eigenvalue weighted by Crippen LogP contribution is -2.36. The molecule has 3 nitrogen and oxygen atoms in total. The third-order valence-electron chi connectivity index (χ3n) is 2.73. The molecule has 0 amide bonds. The molecule has 0 bridgehead atoms. The van der Waals surface area contributed by atoms with Crippen molar-refractivity contribution in [2.75, 3.05) is 6.54 Å². The molecule has 0 spiro atoms. The molecule has 0 saturated heterocycles. The predicted octanol–water partition coefficient (Wildman–Crippen LogP) is 3.59. The molecule has 0 aromatic carbocycles. The molecule has 0 aliphatic rings. The van der Waals surface area contributed by atoms with E-state index < -0.39 is 0 Å². The van der Waals surface area contributed by atoms with Gasteiger partial charge in [0.1, 0.15) is 10.0 Å². The van der Waals surface area contributed by atoms with Crippen molar-refractivity contribution >= 4 is 11.3 Å². The van der Waals surface area contributed by atoms with Crippen LogP contribution < -0.4 is 5.32 Å². The molecule has 104 valence electrons. The van der Waals surface area contributed by atoms with Crippen LogP contribution >= 0.6 is 11.3 Å². The van der Waals surface area contributed by atoms with Crippen LogP contribution in [0.5, 0.6) is 0 Å². The Labute approximate surface area is 115 Å². The number of unbranched alkanes of at least 4 members (excludes halogenated alkanes) is 2. The maximum Gasteiger partial charge on any atom is 0.117 e. The lowest BCUT2D eigenvalue weighted by atomic mass is 10.1. The first-order valence-electron chi connectivity index (χ1n) is 7.07. The van der Waals surface area contributed by atoms with Gasteiger partial charge in [0.25, 0.3) is 0 Å². The fraction of sp³-hybridized carbons (Fsp3) is 0.857. The maximum atomic E-state index is 4.27. The summed E-state index contributed by atoms with van der Waals surface area (Å²) in [4.78, 5) is 0. The van der Waals surface area contributed by atoms with Crippen LogP contribution in [0.4, 0.5) is 0 Å². The minimum absolute atomic E-state index is 0.215. The number of aryl methyl sites for hydroxylation is 2. The van der Waals surface area contributed by atoms with Gasteiger partial charge >= 0.3 is 0 Å². The van der Waals surface area contributed by atoms with E-state index in [2.05, 4.69) is 43.2 Å². The van der Waals surface area contributed by atoms with Gasteiger partial charge in [0.2, 0.25) is 0 Å². The Morgan fingerprint density at radius 2 is 1.61 bits per heavy atom. The van der Waals surface area contributed by atoms with E-state index >= 15 is 0 Å². The Bertz CT molecular complexity index is 328. The number of hydrogen-bond acceptors (Lipinski definition) is 4. The Balaban J connectivity index is 2.19. The van der Waals surface area contributed by atoms with Crippen molar-refractivity contribution in [2.45, 2.75) is 71.8 Å². The minimum atomic E-state index is 0.215. The third kappa shape index (κ3) is 7.07. The summed E-state index contributed by atoms with van der Waals surface area (Å²) < 4.78 is 0. The van der Waals surface area contributed by atoms with Gasteiger partial charge in [-0.1, -0.05) is 19.8 Å². The zero-order valence-corrected chi connectivity index (χ0v) is 13.1. The van der Waals surface area contributed by atoms with E-state index in [1.54, 1.807) is 11.3 Å². The molecule has 0 saturated carbocycles. The average molecular weight is 269 g/mol. The molecule has 4 heteroatoms. The largest absolute Gasteiger partial charge is 0.312 e. The summed E-state index contributed by atoms with van der Waals surface area (Å²) in [5, 5.41) is 14.4. The van der Waals surface area contributed by atoms with Gasteiger partial charge in [-0.3, -0.25) is 0 Å². The summed E-state index contributed by atoms with van der Waals surface area (Å²) in [5.41, 5.74) is 0.215. The molecule has 1 N–H and O–H groups in total. The summed E-state index contributed by atoms with van der Waals surface area (Å²) in [6, 6.07) is 0. The van der Waals surface area contributed by atoms with Gasteiger partial charge in [0.15, 0.2) is 0 Å². The molecular weight excluding hydrogens is 242 g/mol. The van der Waals surface area contributed by atoms with Crippen LogP contribution in [0.2, 0.25) is 0 Å². The fourth-order valence-corrected chi connectivity index (χ4v) is 2.65. The van der Waals surface area contributed by atoms with Gasteiger partial charge in [-0.25, -0.2) is 0 Å². The monoisotopic (exact) mass is 269 g/mol. The van der Waals surface area contributed by atoms with Crippen molar-refractivity contribution in [2.24, 2.45) is 0 Å². The van der Waals surface area contributed by atoms with Crippen molar-refractivity contribution in [1.29, 1.82) is 0 Å². The van der Waals surface area contributed by atoms with Gasteiger partial charge in [0, 0.05) is 18.4 Å². The van der Waals surface area contributed by atoms with Gasteiger partial charge in [-0.15, -0.1) is 21.5 Å². The third-order valence-corrected chi connectivity index (χ3v) is 3.77. The summed E-state index contributed by atoms with van der Waals surface area (Å²) >= 11 is 1.79. The lowest BCUT2D eigenvalue weighted by Gasteiger charge is -2.20. The van der Waals surface area contributed by atoms with E-state index in [9.17, 15) is 0 Å². The molecule has 0 radical (unpaired) electrons. The van der Waals surface area contributed by atoms with Crippen molar-refractivity contribution < 1.29 is 0 Å². The Morgan fingerprint density at radius 3 is 2.17 bits per heavy atom. The summed E-state index contributed by atoms with van der Waals surface area (Å²) in [5.74, 6) is 0. The van der Waals surface area contributed by atoms with Crippen LogP contribution in [0, 0.1) is 0 Å². The highest BCUT2D eigenvalue weighted by atomic mass is 32.1. The zero-order chi connectivity index (χ0) is 13.4. The minimum Gasteiger partial charge on any atom is -0.312 e. The second-order valence-corrected chi connectivity index (χ2v) is 6.97. The molecule has 1 rings (SSSR count). The maximum absolute atomic E-state index is 4.27. The van der Waals surface area contributed by atoms with E-state index in [0.29, 0.717) is 0 Å². The van der Waals surface area contributed by atoms with Crippen LogP contribution in [0.1, 0.15) is 63.4 Å². The molecule has 0 fully saturated rings. The number of nitrogens with zero attached hydrogens (tertiary/aromatic N) is 2. The average Bonchev–Trinajstić information content (AvgIpc) is 2.72. The second kappa shape index (κ2) is 7.85. The molecule has 1 aromatic rings. The van der Waals surface area contributed by atoms with Gasteiger partial charge < -0.3 is 5.32 Å². The SMILES string of the molecule is CCCCCc1nnc(CCCNC(C)(C)C)s1. The summed E-state index contributed by atoms with van der Waals surface area (Å²) in [6.45, 7) is 9.87. The van der Waals surface area contributed by atoms with Gasteiger partial charge in [0.05, 0.1) is 0 Å². The van der Waals surface area contributed by atoms with Crippen LogP contribution in [0.15, 0.2) is 0 Å². The predicted molar refractivity (Wildman–Crippen MR) is 79.2 cm³/mol. The van der Waals surface area contributed by atoms with E-state index in [1.807, 2.05) is 0 Å². The lowest BCUT2D eigenvalue weighted by molar-refractivity contribution is 0.422. The van der Waals surface area contributed by atoms with Crippen molar-refractivity contribution in [3.8, 4) is 0 Å². The van der Waals surface area contributed by atoms with E-state index in [4.69, 9.17) is 0 Å². The topological polar surface area (TPSA) is 37.8 Å². The van der Waals surface area contributed by atoms with Crippen molar-refractivity contribution in [1.82, 2.24) is 15.5 Å². The quantitative estimate of drug-likeness (QED) is 0.733. The summed E-state index contributed by atoms with van der Waals surface area (Å²) in [6.07, 6.45) is 7.10. The fourth-order valence-electron chi connectivity index (χ4n) is 1.72. The first kappa shape index (κ1) is 15.6. The zero-order valence-electron chi connectivity index (χ0n) is 12.3. The molecular formula is C14H27N3S. The van der Waals surface area contributed by atoms with Crippen LogP contribution in [0.3, 0.4) is 0 Å². The highest BCUT2D eigenvalue weighted by molar-refractivity contribution is 7.11. The second-order valence-electron chi connectivity index (χ2n) is 5.83. The smallest absolute Gasteiger partial charge is 0.117 e. The Hall–Kier alpha value is -0.480. The van der Waals surface area contributed by atoms with Crippen molar-refractivity contribution in [3.63, 3.8) is 0 Å². The van der Waals surface area contributed by atoms with E-state index in [1.165, 1.54) is 29.3 Å². The van der Waals surface area contributed by atoms with Gasteiger partial charge in [-0.05, 0) is 40.2 Å². The molecule has 1 aromatic heterocycles.